The van der Waals surface area contributed by atoms with E-state index in [1.807, 2.05) is 0 Å². The zero-order valence-electron chi connectivity index (χ0n) is 11.8. The minimum absolute atomic E-state index is 0.276. The topological polar surface area (TPSA) is 32.5 Å². The van der Waals surface area contributed by atoms with Gasteiger partial charge in [-0.05, 0) is 30.5 Å². The average Bonchev–Trinajstić information content (AvgIpc) is 2.33. The molecule has 1 aromatic carbocycles. The molecule has 0 fully saturated rings. The third kappa shape index (κ3) is 2.78. The highest BCUT2D eigenvalue weighted by molar-refractivity contribution is 5.73. The van der Waals surface area contributed by atoms with Crippen molar-refractivity contribution in [2.45, 2.75) is 20.3 Å². The van der Waals surface area contributed by atoms with E-state index in [-0.39, 0.29) is 5.41 Å². The zero-order valence-corrected chi connectivity index (χ0v) is 11.8. The van der Waals surface area contributed by atoms with Crippen molar-refractivity contribution in [3.05, 3.63) is 24.3 Å². The molecule has 0 atom stereocenters. The van der Waals surface area contributed by atoms with Crippen molar-refractivity contribution in [3.63, 3.8) is 0 Å². The van der Waals surface area contributed by atoms with Gasteiger partial charge in [-0.3, -0.25) is 0 Å². The van der Waals surface area contributed by atoms with Crippen LogP contribution in [0.4, 0.5) is 11.4 Å². The van der Waals surface area contributed by atoms with Crippen LogP contribution in [0.15, 0.2) is 24.3 Å². The van der Waals surface area contributed by atoms with E-state index in [1.54, 1.807) is 0 Å². The summed E-state index contributed by atoms with van der Waals surface area (Å²) in [6.45, 7) is 8.65. The highest BCUT2D eigenvalue weighted by atomic mass is 15.3. The molecule has 0 radical (unpaired) electrons. The van der Waals surface area contributed by atoms with Crippen molar-refractivity contribution in [2.24, 2.45) is 11.1 Å². The van der Waals surface area contributed by atoms with E-state index in [2.05, 4.69) is 55.0 Å². The number of likely N-dealkylation sites (N-methyl/N-ethyl adjacent to an activating group) is 1. The van der Waals surface area contributed by atoms with Gasteiger partial charge in [0.25, 0.3) is 0 Å². The van der Waals surface area contributed by atoms with Gasteiger partial charge >= 0.3 is 0 Å². The van der Waals surface area contributed by atoms with Gasteiger partial charge in [0.05, 0.1) is 11.4 Å². The minimum atomic E-state index is 0.276. The maximum Gasteiger partial charge on any atom is 0.0604 e. The van der Waals surface area contributed by atoms with E-state index >= 15 is 0 Å². The first kappa shape index (κ1) is 13.2. The van der Waals surface area contributed by atoms with Crippen LogP contribution in [0.1, 0.15) is 20.3 Å². The Morgan fingerprint density at radius 2 is 1.83 bits per heavy atom. The monoisotopic (exact) mass is 247 g/mol. The van der Waals surface area contributed by atoms with Crippen molar-refractivity contribution in [3.8, 4) is 0 Å². The van der Waals surface area contributed by atoms with Crippen LogP contribution >= 0.6 is 0 Å². The second-order valence-electron chi connectivity index (χ2n) is 6.03. The van der Waals surface area contributed by atoms with Crippen molar-refractivity contribution in [1.82, 2.24) is 0 Å². The van der Waals surface area contributed by atoms with Gasteiger partial charge < -0.3 is 15.5 Å². The predicted octanol–water partition coefficient (Wildman–Crippen LogP) is 2.32. The van der Waals surface area contributed by atoms with Gasteiger partial charge in [-0.1, -0.05) is 26.0 Å². The third-order valence-corrected chi connectivity index (χ3v) is 3.78. The molecule has 18 heavy (non-hydrogen) atoms. The van der Waals surface area contributed by atoms with Gasteiger partial charge in [0.2, 0.25) is 0 Å². The summed E-state index contributed by atoms with van der Waals surface area (Å²) in [6, 6.07) is 8.67. The summed E-state index contributed by atoms with van der Waals surface area (Å²) in [7, 11) is 2.17. The quantitative estimate of drug-likeness (QED) is 0.886. The van der Waals surface area contributed by atoms with Gasteiger partial charge in [0.1, 0.15) is 0 Å². The lowest BCUT2D eigenvalue weighted by molar-refractivity contribution is 0.341. The number of hydrogen-bond acceptors (Lipinski definition) is 3. The normalized spacial score (nSPS) is 15.8. The van der Waals surface area contributed by atoms with Crippen LogP contribution in [0.3, 0.4) is 0 Å². The summed E-state index contributed by atoms with van der Waals surface area (Å²) in [5.41, 5.74) is 8.68. The van der Waals surface area contributed by atoms with Gasteiger partial charge in [-0.2, -0.15) is 0 Å². The molecule has 0 saturated heterocycles. The molecule has 0 spiro atoms. The van der Waals surface area contributed by atoms with Crippen molar-refractivity contribution in [2.75, 3.05) is 43.0 Å². The summed E-state index contributed by atoms with van der Waals surface area (Å²) in [4.78, 5) is 4.84. The van der Waals surface area contributed by atoms with E-state index in [9.17, 15) is 0 Å². The molecule has 0 saturated carbocycles. The number of fused-ring (bicyclic) bond motifs is 1. The molecule has 3 nitrogen and oxygen atoms in total. The van der Waals surface area contributed by atoms with E-state index in [0.29, 0.717) is 0 Å². The van der Waals surface area contributed by atoms with E-state index in [4.69, 9.17) is 5.73 Å². The first-order valence-electron chi connectivity index (χ1n) is 6.79. The van der Waals surface area contributed by atoms with Crippen LogP contribution in [0.25, 0.3) is 0 Å². The molecule has 1 aliphatic heterocycles. The zero-order chi connectivity index (χ0) is 13.2. The Balaban J connectivity index is 2.19. The number of nitrogens with two attached hydrogens (primary N) is 1. The van der Waals surface area contributed by atoms with E-state index in [1.165, 1.54) is 11.4 Å². The van der Waals surface area contributed by atoms with Gasteiger partial charge in [0, 0.05) is 26.7 Å². The van der Waals surface area contributed by atoms with Crippen LogP contribution < -0.4 is 15.5 Å². The Bertz CT molecular complexity index is 400. The molecule has 2 rings (SSSR count). The van der Waals surface area contributed by atoms with Crippen LogP contribution in [-0.4, -0.2) is 33.2 Å². The van der Waals surface area contributed by atoms with Crippen LogP contribution in [-0.2, 0) is 0 Å². The number of rotatable bonds is 4. The fourth-order valence-corrected chi connectivity index (χ4v) is 2.72. The largest absolute Gasteiger partial charge is 0.371 e. The number of hydrogen-bond donors (Lipinski definition) is 1. The fourth-order valence-electron chi connectivity index (χ4n) is 2.72. The smallest absolute Gasteiger partial charge is 0.0604 e. The summed E-state index contributed by atoms with van der Waals surface area (Å²) < 4.78 is 0. The highest BCUT2D eigenvalue weighted by Crippen LogP contribution is 2.34. The molecule has 1 heterocycles. The molecule has 3 heteroatoms. The molecule has 1 aliphatic rings. The van der Waals surface area contributed by atoms with Crippen molar-refractivity contribution >= 4 is 11.4 Å². The molecule has 0 aromatic heterocycles. The Hall–Kier alpha value is -1.22. The number of benzene rings is 1. The van der Waals surface area contributed by atoms with Gasteiger partial charge in [-0.25, -0.2) is 0 Å². The molecule has 0 aliphatic carbocycles. The van der Waals surface area contributed by atoms with Gasteiger partial charge in [0.15, 0.2) is 0 Å². The maximum atomic E-state index is 5.71. The number of para-hydroxylation sites is 2. The molecule has 2 N–H and O–H groups in total. The van der Waals surface area contributed by atoms with Crippen LogP contribution in [0.2, 0.25) is 0 Å². The predicted molar refractivity (Wildman–Crippen MR) is 79.4 cm³/mol. The van der Waals surface area contributed by atoms with Crippen LogP contribution in [0.5, 0.6) is 0 Å². The summed E-state index contributed by atoms with van der Waals surface area (Å²) in [5.74, 6) is 0. The first-order chi connectivity index (χ1) is 8.53. The molecule has 0 unspecified atom stereocenters. The lowest BCUT2D eigenvalue weighted by atomic mass is 9.88. The van der Waals surface area contributed by atoms with E-state index in [0.717, 1.165) is 32.6 Å². The Morgan fingerprint density at radius 1 is 1.17 bits per heavy atom. The average molecular weight is 247 g/mol. The number of anilines is 2. The number of nitrogens with zero attached hydrogens (tertiary/aromatic N) is 2. The standard InChI is InChI=1S/C15H25N3/c1-15(2,8-9-16)12-18-11-10-17(3)13-6-4-5-7-14(13)18/h4-7H,8-12,16H2,1-3H3. The summed E-state index contributed by atoms with van der Waals surface area (Å²) in [5, 5.41) is 0. The first-order valence-corrected chi connectivity index (χ1v) is 6.79. The Morgan fingerprint density at radius 3 is 2.50 bits per heavy atom. The molecular weight excluding hydrogens is 222 g/mol. The van der Waals surface area contributed by atoms with Crippen molar-refractivity contribution < 1.29 is 0 Å². The Labute approximate surface area is 111 Å². The molecule has 0 amide bonds. The fraction of sp³-hybridized carbons (Fsp3) is 0.600. The summed E-state index contributed by atoms with van der Waals surface area (Å²) >= 11 is 0. The lowest BCUT2D eigenvalue weighted by Crippen LogP contribution is -2.44. The summed E-state index contributed by atoms with van der Waals surface area (Å²) in [6.07, 6.45) is 1.07. The lowest BCUT2D eigenvalue weighted by Gasteiger charge is -2.41. The molecule has 100 valence electrons. The Kier molecular flexibility index (Phi) is 3.81. The SMILES string of the molecule is CN1CCN(CC(C)(C)CCN)c2ccccc21. The molecular formula is C15H25N3. The minimum Gasteiger partial charge on any atom is -0.371 e. The second kappa shape index (κ2) is 5.19. The highest BCUT2D eigenvalue weighted by Gasteiger charge is 2.25. The molecule has 1 aromatic rings. The van der Waals surface area contributed by atoms with Gasteiger partial charge in [-0.15, -0.1) is 0 Å². The van der Waals surface area contributed by atoms with Crippen molar-refractivity contribution in [1.29, 1.82) is 0 Å². The molecule has 0 bridgehead atoms. The third-order valence-electron chi connectivity index (χ3n) is 3.78. The van der Waals surface area contributed by atoms with E-state index < -0.39 is 0 Å². The maximum absolute atomic E-state index is 5.71. The van der Waals surface area contributed by atoms with Crippen LogP contribution in [0, 0.1) is 5.41 Å². The second-order valence-corrected chi connectivity index (χ2v) is 6.03.